The van der Waals surface area contributed by atoms with E-state index in [1.807, 2.05) is 6.92 Å². The van der Waals surface area contributed by atoms with Crippen LogP contribution in [0.2, 0.25) is 0 Å². The van der Waals surface area contributed by atoms with Crippen molar-refractivity contribution in [1.82, 2.24) is 0 Å². The van der Waals surface area contributed by atoms with E-state index in [0.717, 1.165) is 6.42 Å². The van der Waals surface area contributed by atoms with E-state index < -0.39 is 0 Å². The van der Waals surface area contributed by atoms with Gasteiger partial charge in [-0.15, -0.1) is 0 Å². The minimum absolute atomic E-state index is 1.13. The molecule has 0 nitrogen and oxygen atoms in total. The number of hydrogen-bond donors (Lipinski definition) is 0. The Morgan fingerprint density at radius 3 is 2.57 bits per heavy atom. The molecule has 0 aliphatic carbocycles. The zero-order valence-corrected chi connectivity index (χ0v) is 5.15. The SMILES string of the molecule is CC=CC[CH]CC. The first-order valence-corrected chi connectivity index (χ1v) is 2.84. The molecule has 0 rings (SSSR count). The third kappa shape index (κ3) is 5.74. The summed E-state index contributed by atoms with van der Waals surface area (Å²) in [6.45, 7) is 4.20. The van der Waals surface area contributed by atoms with Crippen molar-refractivity contribution < 1.29 is 0 Å². The zero-order valence-electron chi connectivity index (χ0n) is 5.15. The summed E-state index contributed by atoms with van der Waals surface area (Å²) in [6.07, 6.45) is 8.80. The Labute approximate surface area is 46.2 Å². The van der Waals surface area contributed by atoms with Gasteiger partial charge in [0.05, 0.1) is 0 Å². The van der Waals surface area contributed by atoms with Crippen LogP contribution in [0.1, 0.15) is 26.7 Å². The maximum absolute atomic E-state index is 2.25. The second-order valence-corrected chi connectivity index (χ2v) is 1.50. The second kappa shape index (κ2) is 5.74. The molecule has 0 heteroatoms. The lowest BCUT2D eigenvalue weighted by atomic mass is 10.2. The first kappa shape index (κ1) is 6.74. The van der Waals surface area contributed by atoms with E-state index in [9.17, 15) is 0 Å². The monoisotopic (exact) mass is 97.1 g/mol. The summed E-state index contributed by atoms with van der Waals surface area (Å²) in [5, 5.41) is 0. The number of unbranched alkanes of at least 4 members (excludes halogenated alkanes) is 2. The van der Waals surface area contributed by atoms with Gasteiger partial charge in [0, 0.05) is 0 Å². The molecular weight excluding hydrogens is 84.1 g/mol. The van der Waals surface area contributed by atoms with Gasteiger partial charge >= 0.3 is 0 Å². The fraction of sp³-hybridized carbons (Fsp3) is 0.571. The topological polar surface area (TPSA) is 0 Å². The van der Waals surface area contributed by atoms with Crippen LogP contribution in [0.4, 0.5) is 0 Å². The van der Waals surface area contributed by atoms with Crippen LogP contribution in [0.5, 0.6) is 0 Å². The lowest BCUT2D eigenvalue weighted by Gasteiger charge is -1.83. The minimum atomic E-state index is 1.13. The summed E-state index contributed by atoms with van der Waals surface area (Å²) in [5.74, 6) is 0. The van der Waals surface area contributed by atoms with E-state index in [0.29, 0.717) is 0 Å². The Morgan fingerprint density at radius 2 is 2.14 bits per heavy atom. The molecule has 0 aromatic heterocycles. The van der Waals surface area contributed by atoms with Gasteiger partial charge in [0.25, 0.3) is 0 Å². The summed E-state index contributed by atoms with van der Waals surface area (Å²) in [7, 11) is 0. The van der Waals surface area contributed by atoms with Crippen LogP contribution in [0, 0.1) is 6.42 Å². The van der Waals surface area contributed by atoms with Gasteiger partial charge < -0.3 is 0 Å². The van der Waals surface area contributed by atoms with E-state index >= 15 is 0 Å². The predicted octanol–water partition coefficient (Wildman–Crippen LogP) is 2.57. The standard InChI is InChI=1S/C7H13/c1-3-5-7-6-4-2/h3,5-6H,4,7H2,1-2H3. The van der Waals surface area contributed by atoms with Gasteiger partial charge in [-0.1, -0.05) is 25.5 Å². The van der Waals surface area contributed by atoms with Crippen LogP contribution in [-0.2, 0) is 0 Å². The van der Waals surface area contributed by atoms with Crippen molar-refractivity contribution in [2.45, 2.75) is 26.7 Å². The van der Waals surface area contributed by atoms with E-state index in [1.54, 1.807) is 0 Å². The maximum Gasteiger partial charge on any atom is -0.0320 e. The Kier molecular flexibility index (Phi) is 5.53. The van der Waals surface area contributed by atoms with E-state index in [2.05, 4.69) is 25.5 Å². The molecule has 7 heavy (non-hydrogen) atoms. The van der Waals surface area contributed by atoms with Crippen molar-refractivity contribution in [2.75, 3.05) is 0 Å². The smallest absolute Gasteiger partial charge is 0.0320 e. The quantitative estimate of drug-likeness (QED) is 0.375. The van der Waals surface area contributed by atoms with Crippen LogP contribution in [-0.4, -0.2) is 0 Å². The maximum atomic E-state index is 2.25. The highest BCUT2D eigenvalue weighted by Crippen LogP contribution is 1.91. The third-order valence-corrected chi connectivity index (χ3v) is 0.827. The van der Waals surface area contributed by atoms with E-state index in [-0.39, 0.29) is 0 Å². The lowest BCUT2D eigenvalue weighted by molar-refractivity contribution is 1.02. The van der Waals surface area contributed by atoms with Gasteiger partial charge in [-0.2, -0.15) is 0 Å². The van der Waals surface area contributed by atoms with Gasteiger partial charge in [0.2, 0.25) is 0 Å². The zero-order chi connectivity index (χ0) is 5.54. The summed E-state index contributed by atoms with van der Waals surface area (Å²) in [4.78, 5) is 0. The van der Waals surface area contributed by atoms with Crippen LogP contribution in [0.25, 0.3) is 0 Å². The normalized spacial score (nSPS) is 10.6. The molecule has 0 bridgehead atoms. The van der Waals surface area contributed by atoms with Gasteiger partial charge in [-0.05, 0) is 19.8 Å². The van der Waals surface area contributed by atoms with Gasteiger partial charge in [-0.25, -0.2) is 0 Å². The molecule has 0 saturated carbocycles. The molecule has 0 aliphatic heterocycles. The van der Waals surface area contributed by atoms with Crippen LogP contribution < -0.4 is 0 Å². The van der Waals surface area contributed by atoms with Crippen molar-refractivity contribution in [2.24, 2.45) is 0 Å². The Bertz CT molecular complexity index is 44.0. The molecule has 0 atom stereocenters. The Morgan fingerprint density at radius 1 is 1.43 bits per heavy atom. The molecule has 0 aromatic carbocycles. The molecule has 0 fully saturated rings. The highest BCUT2D eigenvalue weighted by molar-refractivity contribution is 4.82. The van der Waals surface area contributed by atoms with Crippen molar-refractivity contribution in [3.8, 4) is 0 Å². The van der Waals surface area contributed by atoms with Crippen molar-refractivity contribution >= 4 is 0 Å². The second-order valence-electron chi connectivity index (χ2n) is 1.50. The van der Waals surface area contributed by atoms with Crippen molar-refractivity contribution in [3.05, 3.63) is 18.6 Å². The highest BCUT2D eigenvalue weighted by atomic mass is 13.8. The number of hydrogen-bond acceptors (Lipinski definition) is 0. The molecule has 0 amide bonds. The molecule has 0 heterocycles. The van der Waals surface area contributed by atoms with Gasteiger partial charge in [-0.3, -0.25) is 0 Å². The lowest BCUT2D eigenvalue weighted by Crippen LogP contribution is -1.65. The molecular formula is C7H13. The summed E-state index contributed by atoms with van der Waals surface area (Å²) in [5.41, 5.74) is 0. The average Bonchev–Trinajstić information content (AvgIpc) is 1.69. The average molecular weight is 97.2 g/mol. The van der Waals surface area contributed by atoms with E-state index in [4.69, 9.17) is 0 Å². The van der Waals surface area contributed by atoms with Gasteiger partial charge in [0.15, 0.2) is 0 Å². The summed E-state index contributed by atoms with van der Waals surface area (Å²) < 4.78 is 0. The minimum Gasteiger partial charge on any atom is -0.0917 e. The first-order valence-electron chi connectivity index (χ1n) is 2.84. The molecule has 0 aliphatic rings. The highest BCUT2D eigenvalue weighted by Gasteiger charge is 1.73. The Hall–Kier alpha value is -0.260. The largest absolute Gasteiger partial charge is 0.0917 e. The molecule has 0 spiro atoms. The summed E-state index contributed by atoms with van der Waals surface area (Å²) in [6, 6.07) is 0. The van der Waals surface area contributed by atoms with Crippen molar-refractivity contribution in [1.29, 1.82) is 0 Å². The Balaban J connectivity index is 2.69. The molecule has 0 saturated heterocycles. The number of allylic oxidation sites excluding steroid dienone is 2. The molecule has 1 radical (unpaired) electrons. The fourth-order valence-electron chi connectivity index (χ4n) is 0.399. The third-order valence-electron chi connectivity index (χ3n) is 0.827. The summed E-state index contributed by atoms with van der Waals surface area (Å²) >= 11 is 0. The van der Waals surface area contributed by atoms with Crippen LogP contribution in [0.3, 0.4) is 0 Å². The predicted molar refractivity (Wildman–Crippen MR) is 34.0 cm³/mol. The van der Waals surface area contributed by atoms with Crippen LogP contribution in [0.15, 0.2) is 12.2 Å². The first-order chi connectivity index (χ1) is 3.41. The molecule has 0 N–H and O–H groups in total. The van der Waals surface area contributed by atoms with Crippen LogP contribution >= 0.6 is 0 Å². The molecule has 0 aromatic rings. The number of rotatable bonds is 3. The fourth-order valence-corrected chi connectivity index (χ4v) is 0.399. The molecule has 0 unspecified atom stereocenters. The molecule has 41 valence electrons. The van der Waals surface area contributed by atoms with Gasteiger partial charge in [0.1, 0.15) is 0 Å². The van der Waals surface area contributed by atoms with E-state index in [1.165, 1.54) is 6.42 Å². The van der Waals surface area contributed by atoms with Crippen molar-refractivity contribution in [3.63, 3.8) is 0 Å².